The Morgan fingerprint density at radius 2 is 2.11 bits per heavy atom. The van der Waals surface area contributed by atoms with Crippen LogP contribution in [0, 0.1) is 0 Å². The van der Waals surface area contributed by atoms with Crippen molar-refractivity contribution in [2.45, 2.75) is 13.0 Å². The summed E-state index contributed by atoms with van der Waals surface area (Å²) in [5, 5.41) is 8.07. The molecule has 1 aliphatic heterocycles. The molecule has 2 aromatic heterocycles. The quantitative estimate of drug-likeness (QED) is 0.594. The SMILES string of the molecule is CNc1ncc(N2CCOC[C@H]2C)c(-c2cc(N)c3c(N)nn(C)c3c2)n1. The van der Waals surface area contributed by atoms with Crippen LogP contribution in [0.25, 0.3) is 22.2 Å². The lowest BCUT2D eigenvalue weighted by Gasteiger charge is -2.36. The minimum absolute atomic E-state index is 0.231. The standard InChI is InChI=1S/C18H24N8O/c1-10-9-27-5-4-26(10)14-8-22-18(21-2)23-16(14)11-6-12(19)15-13(7-11)25(3)24-17(15)20/h6-8,10H,4-5,9,19H2,1-3H3,(H2,20,24)(H,21,22,23)/t10-/m1/s1. The van der Waals surface area contributed by atoms with Gasteiger partial charge in [-0.15, -0.1) is 0 Å². The summed E-state index contributed by atoms with van der Waals surface area (Å²) in [6.45, 7) is 4.27. The normalized spacial score (nSPS) is 17.4. The van der Waals surface area contributed by atoms with Gasteiger partial charge in [0, 0.05) is 37.9 Å². The molecule has 1 atom stereocenters. The van der Waals surface area contributed by atoms with Crippen LogP contribution in [0.5, 0.6) is 0 Å². The number of benzene rings is 1. The number of hydrogen-bond donors (Lipinski definition) is 3. The van der Waals surface area contributed by atoms with Crippen molar-refractivity contribution in [2.75, 3.05) is 48.5 Å². The van der Waals surface area contributed by atoms with Gasteiger partial charge in [0.2, 0.25) is 5.95 Å². The maximum absolute atomic E-state index is 6.31. The number of aromatic nitrogens is 4. The molecule has 0 radical (unpaired) electrons. The molecule has 0 spiro atoms. The van der Waals surface area contributed by atoms with Crippen LogP contribution < -0.4 is 21.7 Å². The number of hydrogen-bond acceptors (Lipinski definition) is 8. The second-order valence-corrected chi connectivity index (χ2v) is 6.76. The fourth-order valence-corrected chi connectivity index (χ4v) is 3.59. The van der Waals surface area contributed by atoms with E-state index in [4.69, 9.17) is 21.2 Å². The van der Waals surface area contributed by atoms with E-state index in [9.17, 15) is 0 Å². The zero-order valence-electron chi connectivity index (χ0n) is 15.7. The molecule has 0 aliphatic carbocycles. The topological polar surface area (TPSA) is 120 Å². The van der Waals surface area contributed by atoms with Crippen LogP contribution in [0.1, 0.15) is 6.92 Å². The summed E-state index contributed by atoms with van der Waals surface area (Å²) in [6.07, 6.45) is 1.86. The largest absolute Gasteiger partial charge is 0.398 e. The van der Waals surface area contributed by atoms with Crippen LogP contribution in [-0.2, 0) is 11.8 Å². The average molecular weight is 368 g/mol. The molecule has 0 bridgehead atoms. The van der Waals surface area contributed by atoms with Gasteiger partial charge in [-0.05, 0) is 19.1 Å². The fraction of sp³-hybridized carbons (Fsp3) is 0.389. The predicted octanol–water partition coefficient (Wildman–Crippen LogP) is 1.46. The van der Waals surface area contributed by atoms with Crippen LogP contribution in [-0.4, -0.2) is 52.6 Å². The van der Waals surface area contributed by atoms with E-state index in [-0.39, 0.29) is 6.04 Å². The first-order valence-corrected chi connectivity index (χ1v) is 8.91. The monoisotopic (exact) mass is 368 g/mol. The molecule has 0 saturated carbocycles. The summed E-state index contributed by atoms with van der Waals surface area (Å²) in [6, 6.07) is 4.15. The van der Waals surface area contributed by atoms with Crippen LogP contribution in [0.2, 0.25) is 0 Å². The highest BCUT2D eigenvalue weighted by Gasteiger charge is 2.24. The van der Waals surface area contributed by atoms with E-state index >= 15 is 0 Å². The summed E-state index contributed by atoms with van der Waals surface area (Å²) >= 11 is 0. The Morgan fingerprint density at radius 3 is 2.85 bits per heavy atom. The molecule has 1 aliphatic rings. The molecular weight excluding hydrogens is 344 g/mol. The first-order chi connectivity index (χ1) is 13.0. The number of nitrogens with two attached hydrogens (primary N) is 2. The van der Waals surface area contributed by atoms with Crippen molar-refractivity contribution in [3.63, 3.8) is 0 Å². The molecule has 0 amide bonds. The van der Waals surface area contributed by atoms with Crippen molar-refractivity contribution in [1.29, 1.82) is 0 Å². The van der Waals surface area contributed by atoms with Gasteiger partial charge < -0.3 is 26.4 Å². The van der Waals surface area contributed by atoms with Crippen LogP contribution in [0.3, 0.4) is 0 Å². The second kappa shape index (κ2) is 6.58. The number of nitrogen functional groups attached to an aromatic ring is 2. The molecule has 1 aromatic carbocycles. The number of fused-ring (bicyclic) bond motifs is 1. The molecule has 3 heterocycles. The van der Waals surface area contributed by atoms with Gasteiger partial charge in [-0.1, -0.05) is 0 Å². The van der Waals surface area contributed by atoms with Gasteiger partial charge in [-0.25, -0.2) is 9.97 Å². The molecule has 9 heteroatoms. The molecule has 9 nitrogen and oxygen atoms in total. The Bertz CT molecular complexity index is 999. The van der Waals surface area contributed by atoms with E-state index in [1.807, 2.05) is 25.4 Å². The van der Waals surface area contributed by atoms with E-state index in [0.29, 0.717) is 30.7 Å². The van der Waals surface area contributed by atoms with Crippen molar-refractivity contribution in [1.82, 2.24) is 19.7 Å². The van der Waals surface area contributed by atoms with Crippen molar-refractivity contribution >= 4 is 34.0 Å². The third kappa shape index (κ3) is 2.89. The fourth-order valence-electron chi connectivity index (χ4n) is 3.59. The Balaban J connectivity index is 1.92. The van der Waals surface area contributed by atoms with Crippen LogP contribution in [0.4, 0.5) is 23.1 Å². The summed E-state index contributed by atoms with van der Waals surface area (Å²) in [5.74, 6) is 0.982. The number of nitrogens with one attached hydrogen (secondary N) is 1. The highest BCUT2D eigenvalue weighted by atomic mass is 16.5. The molecule has 27 heavy (non-hydrogen) atoms. The van der Waals surface area contributed by atoms with Crippen molar-refractivity contribution < 1.29 is 4.74 Å². The second-order valence-electron chi connectivity index (χ2n) is 6.76. The van der Waals surface area contributed by atoms with Crippen molar-refractivity contribution in [3.8, 4) is 11.3 Å². The average Bonchev–Trinajstić information content (AvgIpc) is 2.96. The number of anilines is 4. The van der Waals surface area contributed by atoms with E-state index in [1.54, 1.807) is 11.7 Å². The lowest BCUT2D eigenvalue weighted by atomic mass is 10.0. The lowest BCUT2D eigenvalue weighted by Crippen LogP contribution is -2.44. The highest BCUT2D eigenvalue weighted by molar-refractivity contribution is 6.02. The van der Waals surface area contributed by atoms with Gasteiger partial charge >= 0.3 is 0 Å². The number of morpholine rings is 1. The Kier molecular flexibility index (Phi) is 4.23. The third-order valence-corrected chi connectivity index (χ3v) is 4.95. The van der Waals surface area contributed by atoms with Gasteiger partial charge in [0.1, 0.15) is 0 Å². The van der Waals surface area contributed by atoms with Gasteiger partial charge in [0.15, 0.2) is 5.82 Å². The van der Waals surface area contributed by atoms with Gasteiger partial charge in [0.05, 0.1) is 41.7 Å². The summed E-state index contributed by atoms with van der Waals surface area (Å²) in [7, 11) is 3.65. The lowest BCUT2D eigenvalue weighted by molar-refractivity contribution is 0.0989. The summed E-state index contributed by atoms with van der Waals surface area (Å²) in [5.41, 5.74) is 16.4. The van der Waals surface area contributed by atoms with Gasteiger partial charge in [-0.3, -0.25) is 4.68 Å². The zero-order chi connectivity index (χ0) is 19.1. The number of ether oxygens (including phenoxy) is 1. The van der Waals surface area contributed by atoms with E-state index in [0.717, 1.165) is 34.4 Å². The Morgan fingerprint density at radius 1 is 1.30 bits per heavy atom. The first-order valence-electron chi connectivity index (χ1n) is 8.91. The third-order valence-electron chi connectivity index (χ3n) is 4.95. The molecule has 1 fully saturated rings. The molecule has 3 aromatic rings. The number of nitrogens with zero attached hydrogens (tertiary/aromatic N) is 5. The first kappa shape index (κ1) is 17.3. The molecule has 142 valence electrons. The number of aryl methyl sites for hydroxylation is 1. The number of rotatable bonds is 3. The van der Waals surface area contributed by atoms with Crippen molar-refractivity contribution in [3.05, 3.63) is 18.3 Å². The minimum Gasteiger partial charge on any atom is -0.398 e. The Hall–Kier alpha value is -3.07. The summed E-state index contributed by atoms with van der Waals surface area (Å²) < 4.78 is 7.32. The van der Waals surface area contributed by atoms with E-state index < -0.39 is 0 Å². The molecule has 1 saturated heterocycles. The highest BCUT2D eigenvalue weighted by Crippen LogP contribution is 2.36. The maximum Gasteiger partial charge on any atom is 0.223 e. The smallest absolute Gasteiger partial charge is 0.223 e. The Labute approximate surface area is 157 Å². The zero-order valence-corrected chi connectivity index (χ0v) is 15.7. The van der Waals surface area contributed by atoms with Gasteiger partial charge in [-0.2, -0.15) is 5.10 Å². The van der Waals surface area contributed by atoms with E-state index in [1.165, 1.54) is 0 Å². The maximum atomic E-state index is 6.31. The molecule has 5 N–H and O–H groups in total. The van der Waals surface area contributed by atoms with Crippen LogP contribution in [0.15, 0.2) is 18.3 Å². The minimum atomic E-state index is 0.231. The van der Waals surface area contributed by atoms with Crippen LogP contribution >= 0.6 is 0 Å². The van der Waals surface area contributed by atoms with Gasteiger partial charge in [0.25, 0.3) is 0 Å². The molecular formula is C18H24N8O. The van der Waals surface area contributed by atoms with E-state index in [2.05, 4.69) is 27.2 Å². The molecule has 4 rings (SSSR count). The van der Waals surface area contributed by atoms with Crippen molar-refractivity contribution in [2.24, 2.45) is 7.05 Å². The molecule has 0 unspecified atom stereocenters. The summed E-state index contributed by atoms with van der Waals surface area (Å²) in [4.78, 5) is 11.4. The predicted molar refractivity (Wildman–Crippen MR) is 108 cm³/mol.